The van der Waals surface area contributed by atoms with Crippen LogP contribution in [0.15, 0.2) is 61.2 Å². The molecule has 1 N–H and O–H groups in total. The Labute approximate surface area is 255 Å². The van der Waals surface area contributed by atoms with Crippen molar-refractivity contribution in [3.05, 3.63) is 77.2 Å². The largest absolute Gasteiger partial charge is 0.508 e. The zero-order chi connectivity index (χ0) is 30.1. The van der Waals surface area contributed by atoms with Gasteiger partial charge in [0.1, 0.15) is 29.1 Å². The molecule has 9 nitrogen and oxygen atoms in total. The van der Waals surface area contributed by atoms with E-state index in [2.05, 4.69) is 24.5 Å². The van der Waals surface area contributed by atoms with E-state index < -0.39 is 5.79 Å². The van der Waals surface area contributed by atoms with Crippen LogP contribution in [0, 0.1) is 0 Å². The highest BCUT2D eigenvalue weighted by Crippen LogP contribution is 2.34. The number of carbonyl (C=O) groups excluding carboxylic acids is 1. The minimum Gasteiger partial charge on any atom is -0.508 e. The second kappa shape index (κ2) is 11.9. The number of aromatic nitrogens is 2. The topological polar surface area (TPSA) is 97.3 Å². The number of amides is 1. The lowest BCUT2D eigenvalue weighted by Crippen LogP contribution is -2.49. The van der Waals surface area contributed by atoms with Gasteiger partial charge in [-0.15, -0.1) is 11.3 Å². The van der Waals surface area contributed by atoms with E-state index in [-0.39, 0.29) is 17.8 Å². The highest BCUT2D eigenvalue weighted by atomic mass is 32.1. The van der Waals surface area contributed by atoms with Gasteiger partial charge in [-0.05, 0) is 49.6 Å². The molecule has 10 heteroatoms. The zero-order valence-electron chi connectivity index (χ0n) is 24.7. The van der Waals surface area contributed by atoms with E-state index >= 15 is 0 Å². The van der Waals surface area contributed by atoms with Gasteiger partial charge in [0.25, 0.3) is 5.91 Å². The lowest BCUT2D eigenvalue weighted by atomic mass is 10.0. The summed E-state index contributed by atoms with van der Waals surface area (Å²) in [5.41, 5.74) is 3.22. The van der Waals surface area contributed by atoms with Crippen molar-refractivity contribution in [2.75, 3.05) is 44.3 Å². The third-order valence-electron chi connectivity index (χ3n) is 7.74. The first-order valence-corrected chi connectivity index (χ1v) is 15.4. The van der Waals surface area contributed by atoms with Gasteiger partial charge in [0.15, 0.2) is 5.79 Å². The number of anilines is 1. The van der Waals surface area contributed by atoms with Gasteiger partial charge in [-0.1, -0.05) is 49.9 Å². The number of benzene rings is 2. The molecule has 0 aliphatic carbocycles. The van der Waals surface area contributed by atoms with E-state index in [0.717, 1.165) is 33.6 Å². The number of piperazine rings is 1. The summed E-state index contributed by atoms with van der Waals surface area (Å²) in [5, 5.41) is 10.6. The van der Waals surface area contributed by atoms with Gasteiger partial charge in [0.05, 0.1) is 12.0 Å². The molecule has 0 spiro atoms. The number of hydrogen-bond donors (Lipinski definition) is 1. The quantitative estimate of drug-likeness (QED) is 0.248. The van der Waals surface area contributed by atoms with Crippen LogP contribution in [0.2, 0.25) is 0 Å². The van der Waals surface area contributed by atoms with Crippen LogP contribution in [-0.2, 0) is 15.9 Å². The molecule has 4 aromatic rings. The van der Waals surface area contributed by atoms with Crippen LogP contribution in [0.25, 0.3) is 27.1 Å². The normalized spacial score (nSPS) is 18.3. The van der Waals surface area contributed by atoms with Crippen LogP contribution >= 0.6 is 11.3 Å². The average molecular weight is 601 g/mol. The number of nitrogens with zero attached hydrogens (tertiary/aromatic N) is 4. The number of ether oxygens (including phenoxy) is 3. The fourth-order valence-corrected chi connectivity index (χ4v) is 6.37. The zero-order valence-corrected chi connectivity index (χ0v) is 25.5. The summed E-state index contributed by atoms with van der Waals surface area (Å²) in [6, 6.07) is 17.6. The molecule has 2 aromatic carbocycles. The number of thiophene rings is 1. The number of aliphatic hydroxyl groups excluding tert-OH is 1. The molecule has 0 saturated carbocycles. The van der Waals surface area contributed by atoms with Gasteiger partial charge in [0, 0.05) is 42.2 Å². The lowest BCUT2D eigenvalue weighted by Gasteiger charge is -2.35. The number of carbonyl (C=O) groups is 1. The first kappa shape index (κ1) is 29.1. The van der Waals surface area contributed by atoms with E-state index in [0.29, 0.717) is 56.5 Å². The molecule has 2 aliphatic rings. The summed E-state index contributed by atoms with van der Waals surface area (Å²) in [7, 11) is 0. The Bertz CT molecular complexity index is 1640. The fraction of sp³-hybridized carbons (Fsp3) is 0.364. The molecule has 0 unspecified atom stereocenters. The maximum Gasteiger partial charge on any atom is 0.319 e. The first-order chi connectivity index (χ1) is 20.7. The summed E-state index contributed by atoms with van der Waals surface area (Å²) < 4.78 is 17.6. The van der Waals surface area contributed by atoms with E-state index in [1.54, 1.807) is 11.3 Å². The molecule has 2 aliphatic heterocycles. The van der Waals surface area contributed by atoms with Crippen LogP contribution in [-0.4, -0.2) is 77.2 Å². The highest BCUT2D eigenvalue weighted by Gasteiger charge is 2.33. The number of fused-ring (bicyclic) bond motifs is 1. The van der Waals surface area contributed by atoms with Gasteiger partial charge >= 0.3 is 6.01 Å². The summed E-state index contributed by atoms with van der Waals surface area (Å²) in [6.07, 6.45) is 0.738. The molecule has 224 valence electrons. The molecule has 4 heterocycles. The minimum atomic E-state index is -0.617. The SMILES string of the molecule is C=C(O)c1ccc(-c2cccc(C(=O)N3CCN(c4nc(OC[C@H]5COC(C)(C)O5)nc5sc(CC)cc45)CC3)c2)cc1. The van der Waals surface area contributed by atoms with E-state index in [4.69, 9.17) is 24.2 Å². The van der Waals surface area contributed by atoms with Crippen molar-refractivity contribution in [3.63, 3.8) is 0 Å². The second-order valence-electron chi connectivity index (χ2n) is 11.3. The van der Waals surface area contributed by atoms with Gasteiger partial charge in [-0.2, -0.15) is 9.97 Å². The van der Waals surface area contributed by atoms with Gasteiger partial charge < -0.3 is 29.1 Å². The summed E-state index contributed by atoms with van der Waals surface area (Å²) in [5.74, 6) is 0.254. The Hall–Kier alpha value is -3.99. The maximum absolute atomic E-state index is 13.5. The number of rotatable bonds is 8. The monoisotopic (exact) mass is 600 g/mol. The van der Waals surface area contributed by atoms with Crippen molar-refractivity contribution in [2.24, 2.45) is 0 Å². The molecule has 0 radical (unpaired) electrons. The predicted molar refractivity (Wildman–Crippen MR) is 169 cm³/mol. The van der Waals surface area contributed by atoms with Crippen molar-refractivity contribution in [2.45, 2.75) is 39.1 Å². The molecule has 2 aromatic heterocycles. The average Bonchev–Trinajstić information content (AvgIpc) is 3.61. The first-order valence-electron chi connectivity index (χ1n) is 14.6. The third-order valence-corrected chi connectivity index (χ3v) is 8.92. The standard InChI is InChI=1S/C33H36N4O5S/c1-5-27-18-28-29(34-32(35-30(28)43-27)40-19-26-20-41-33(3,4)42-26)36-13-15-37(16-14-36)31(39)25-8-6-7-24(17-25)23-11-9-22(10-12-23)21(2)38/h6-12,17-18,26,38H,2,5,13-16,19-20H2,1,3-4H3/t26-/m0/s1. The Morgan fingerprint density at radius 1 is 1.07 bits per heavy atom. The maximum atomic E-state index is 13.5. The fourth-order valence-electron chi connectivity index (χ4n) is 5.42. The summed E-state index contributed by atoms with van der Waals surface area (Å²) in [6.45, 7) is 12.7. The van der Waals surface area contributed by atoms with Crippen molar-refractivity contribution in [1.82, 2.24) is 14.9 Å². The van der Waals surface area contributed by atoms with Crippen LogP contribution < -0.4 is 9.64 Å². The Morgan fingerprint density at radius 2 is 1.84 bits per heavy atom. The summed E-state index contributed by atoms with van der Waals surface area (Å²) >= 11 is 1.66. The molecular formula is C33H36N4O5S. The van der Waals surface area contributed by atoms with Crippen molar-refractivity contribution in [3.8, 4) is 17.1 Å². The van der Waals surface area contributed by atoms with Crippen molar-refractivity contribution < 1.29 is 24.1 Å². The number of aliphatic hydroxyl groups is 1. The second-order valence-corrected chi connectivity index (χ2v) is 12.4. The van der Waals surface area contributed by atoms with Crippen LogP contribution in [0.5, 0.6) is 6.01 Å². The van der Waals surface area contributed by atoms with Gasteiger partial charge in [0.2, 0.25) is 0 Å². The van der Waals surface area contributed by atoms with E-state index in [9.17, 15) is 9.90 Å². The van der Waals surface area contributed by atoms with Crippen LogP contribution in [0.1, 0.15) is 41.6 Å². The molecule has 6 rings (SSSR count). The molecular weight excluding hydrogens is 564 g/mol. The molecule has 2 saturated heterocycles. The van der Waals surface area contributed by atoms with Crippen LogP contribution in [0.4, 0.5) is 5.82 Å². The number of aryl methyl sites for hydroxylation is 1. The van der Waals surface area contributed by atoms with E-state index in [1.165, 1.54) is 4.88 Å². The molecule has 0 bridgehead atoms. The van der Waals surface area contributed by atoms with Gasteiger partial charge in [-0.25, -0.2) is 0 Å². The smallest absolute Gasteiger partial charge is 0.319 e. The Morgan fingerprint density at radius 3 is 2.51 bits per heavy atom. The molecule has 1 atom stereocenters. The molecule has 43 heavy (non-hydrogen) atoms. The highest BCUT2D eigenvalue weighted by molar-refractivity contribution is 7.18. The predicted octanol–water partition coefficient (Wildman–Crippen LogP) is 5.94. The minimum absolute atomic E-state index is 0.00391. The summed E-state index contributed by atoms with van der Waals surface area (Å²) in [4.78, 5) is 29.3. The number of hydrogen-bond acceptors (Lipinski definition) is 9. The molecule has 2 fully saturated rings. The lowest BCUT2D eigenvalue weighted by molar-refractivity contribution is -0.141. The molecule has 1 amide bonds. The third kappa shape index (κ3) is 6.36. The van der Waals surface area contributed by atoms with Crippen LogP contribution in [0.3, 0.4) is 0 Å². The van der Waals surface area contributed by atoms with Crippen molar-refractivity contribution >= 4 is 39.0 Å². The van der Waals surface area contributed by atoms with E-state index in [1.807, 2.05) is 67.3 Å². The van der Waals surface area contributed by atoms with Crippen molar-refractivity contribution in [1.29, 1.82) is 0 Å². The Kier molecular flexibility index (Phi) is 8.09. The van der Waals surface area contributed by atoms with Gasteiger partial charge in [-0.3, -0.25) is 4.79 Å². The Balaban J connectivity index is 1.15.